The summed E-state index contributed by atoms with van der Waals surface area (Å²) in [6.45, 7) is 4.05. The summed E-state index contributed by atoms with van der Waals surface area (Å²) in [5.41, 5.74) is 4.10. The number of halogens is 2. The van der Waals surface area contributed by atoms with Crippen LogP contribution in [-0.4, -0.2) is 5.11 Å². The van der Waals surface area contributed by atoms with Crippen molar-refractivity contribution < 1.29 is 0 Å². The van der Waals surface area contributed by atoms with E-state index in [2.05, 4.69) is 26.6 Å². The SMILES string of the molecule is Cc1ccc(NC(=S)Nc2cc(Cl)ccc2C)c(Br)c1. The highest BCUT2D eigenvalue weighted by atomic mass is 79.9. The molecule has 2 nitrogen and oxygen atoms in total. The fraction of sp³-hybridized carbons (Fsp3) is 0.133. The van der Waals surface area contributed by atoms with Crippen molar-refractivity contribution in [2.24, 2.45) is 0 Å². The average Bonchev–Trinajstić information content (AvgIpc) is 2.37. The van der Waals surface area contributed by atoms with Gasteiger partial charge in [-0.05, 0) is 77.4 Å². The van der Waals surface area contributed by atoms with Crippen LogP contribution in [0.2, 0.25) is 5.02 Å². The molecule has 2 rings (SSSR count). The topological polar surface area (TPSA) is 24.1 Å². The van der Waals surface area contributed by atoms with Gasteiger partial charge in [-0.2, -0.15) is 0 Å². The number of rotatable bonds is 2. The van der Waals surface area contributed by atoms with E-state index in [1.54, 1.807) is 0 Å². The molecule has 0 aliphatic carbocycles. The summed E-state index contributed by atoms with van der Waals surface area (Å²) in [7, 11) is 0. The van der Waals surface area contributed by atoms with Crippen molar-refractivity contribution in [3.8, 4) is 0 Å². The largest absolute Gasteiger partial charge is 0.332 e. The van der Waals surface area contributed by atoms with Gasteiger partial charge in [0.15, 0.2) is 5.11 Å². The lowest BCUT2D eigenvalue weighted by Gasteiger charge is -2.14. The van der Waals surface area contributed by atoms with Crippen LogP contribution in [0.1, 0.15) is 11.1 Å². The Labute approximate surface area is 137 Å². The van der Waals surface area contributed by atoms with Crippen LogP contribution < -0.4 is 10.6 Å². The first kappa shape index (κ1) is 15.3. The maximum absolute atomic E-state index is 5.99. The second kappa shape index (κ2) is 6.57. The molecule has 2 aromatic rings. The van der Waals surface area contributed by atoms with Crippen molar-refractivity contribution in [1.29, 1.82) is 0 Å². The van der Waals surface area contributed by atoms with Crippen LogP contribution in [0.4, 0.5) is 11.4 Å². The smallest absolute Gasteiger partial charge is 0.175 e. The molecule has 0 aliphatic heterocycles. The van der Waals surface area contributed by atoms with Gasteiger partial charge >= 0.3 is 0 Å². The molecule has 104 valence electrons. The first-order valence-electron chi connectivity index (χ1n) is 6.06. The van der Waals surface area contributed by atoms with Gasteiger partial charge in [0.2, 0.25) is 0 Å². The zero-order chi connectivity index (χ0) is 14.7. The van der Waals surface area contributed by atoms with E-state index in [1.807, 2.05) is 50.2 Å². The summed E-state index contributed by atoms with van der Waals surface area (Å²) in [5, 5.41) is 7.53. The maximum atomic E-state index is 5.99. The van der Waals surface area contributed by atoms with Crippen molar-refractivity contribution >= 4 is 56.2 Å². The van der Waals surface area contributed by atoms with Gasteiger partial charge in [-0.1, -0.05) is 23.7 Å². The molecule has 2 N–H and O–H groups in total. The third kappa shape index (κ3) is 3.95. The van der Waals surface area contributed by atoms with Crippen molar-refractivity contribution in [3.05, 3.63) is 57.0 Å². The highest BCUT2D eigenvalue weighted by Crippen LogP contribution is 2.24. The minimum Gasteiger partial charge on any atom is -0.332 e. The predicted octanol–water partition coefficient (Wildman–Crippen LogP) is 5.53. The fourth-order valence-electron chi connectivity index (χ4n) is 1.73. The molecule has 0 amide bonds. The first-order valence-corrected chi connectivity index (χ1v) is 7.64. The van der Waals surface area contributed by atoms with Gasteiger partial charge in [-0.3, -0.25) is 0 Å². The summed E-state index contributed by atoms with van der Waals surface area (Å²) < 4.78 is 0.976. The monoisotopic (exact) mass is 368 g/mol. The van der Waals surface area contributed by atoms with Gasteiger partial charge < -0.3 is 10.6 Å². The average molecular weight is 370 g/mol. The molecule has 0 atom stereocenters. The van der Waals surface area contributed by atoms with E-state index in [1.165, 1.54) is 5.56 Å². The number of aryl methyl sites for hydroxylation is 2. The van der Waals surface area contributed by atoms with Gasteiger partial charge in [-0.25, -0.2) is 0 Å². The van der Waals surface area contributed by atoms with Crippen molar-refractivity contribution in [3.63, 3.8) is 0 Å². The normalized spacial score (nSPS) is 10.2. The minimum atomic E-state index is 0.528. The Morgan fingerprint density at radius 1 is 1.05 bits per heavy atom. The van der Waals surface area contributed by atoms with Gasteiger partial charge in [0.05, 0.1) is 5.69 Å². The van der Waals surface area contributed by atoms with Crippen LogP contribution in [-0.2, 0) is 0 Å². The first-order chi connectivity index (χ1) is 9.45. The summed E-state index contributed by atoms with van der Waals surface area (Å²) in [6, 6.07) is 11.7. The highest BCUT2D eigenvalue weighted by molar-refractivity contribution is 9.10. The molecule has 0 aromatic heterocycles. The standard InChI is InChI=1S/C15H14BrClN2S/c1-9-3-6-13(12(16)7-9)18-15(20)19-14-8-11(17)5-4-10(14)2/h3-8H,1-2H3,(H2,18,19,20). The lowest BCUT2D eigenvalue weighted by molar-refractivity contribution is 1.43. The molecule has 0 fully saturated rings. The van der Waals surface area contributed by atoms with Crippen LogP contribution in [0.3, 0.4) is 0 Å². The Bertz CT molecular complexity index is 658. The van der Waals surface area contributed by atoms with Crippen LogP contribution in [0.5, 0.6) is 0 Å². The van der Waals surface area contributed by atoms with E-state index in [0.717, 1.165) is 21.4 Å². The summed E-state index contributed by atoms with van der Waals surface area (Å²) >= 11 is 14.8. The third-order valence-electron chi connectivity index (χ3n) is 2.82. The zero-order valence-electron chi connectivity index (χ0n) is 11.1. The van der Waals surface area contributed by atoms with Crippen molar-refractivity contribution in [1.82, 2.24) is 0 Å². The minimum absolute atomic E-state index is 0.528. The second-order valence-corrected chi connectivity index (χ2v) is 6.22. The molecular weight excluding hydrogens is 356 g/mol. The van der Waals surface area contributed by atoms with Gasteiger partial charge in [0.25, 0.3) is 0 Å². The molecule has 0 saturated carbocycles. The van der Waals surface area contributed by atoms with Gasteiger partial charge in [0.1, 0.15) is 0 Å². The van der Waals surface area contributed by atoms with E-state index in [-0.39, 0.29) is 0 Å². The van der Waals surface area contributed by atoms with Crippen molar-refractivity contribution in [2.45, 2.75) is 13.8 Å². The van der Waals surface area contributed by atoms with Crippen LogP contribution >= 0.6 is 39.7 Å². The van der Waals surface area contributed by atoms with E-state index >= 15 is 0 Å². The Kier molecular flexibility index (Phi) is 5.02. The lowest BCUT2D eigenvalue weighted by atomic mass is 10.2. The van der Waals surface area contributed by atoms with E-state index in [0.29, 0.717) is 10.1 Å². The zero-order valence-corrected chi connectivity index (χ0v) is 14.3. The van der Waals surface area contributed by atoms with E-state index in [9.17, 15) is 0 Å². The molecule has 5 heteroatoms. The molecule has 0 radical (unpaired) electrons. The number of hydrogen-bond donors (Lipinski definition) is 2. The Morgan fingerprint density at radius 2 is 1.75 bits per heavy atom. The molecule has 2 aromatic carbocycles. The molecule has 0 spiro atoms. The summed E-state index contributed by atoms with van der Waals surface area (Å²) in [4.78, 5) is 0. The van der Waals surface area contributed by atoms with E-state index < -0.39 is 0 Å². The van der Waals surface area contributed by atoms with Gasteiger partial charge in [0, 0.05) is 15.2 Å². The molecule has 0 aliphatic rings. The third-order valence-corrected chi connectivity index (χ3v) is 3.92. The van der Waals surface area contributed by atoms with Crippen LogP contribution in [0.25, 0.3) is 0 Å². The van der Waals surface area contributed by atoms with Gasteiger partial charge in [-0.15, -0.1) is 0 Å². The predicted molar refractivity (Wildman–Crippen MR) is 94.9 cm³/mol. The summed E-state index contributed by atoms with van der Waals surface area (Å²) in [5.74, 6) is 0. The number of nitrogens with one attached hydrogen (secondary N) is 2. The number of anilines is 2. The molecule has 20 heavy (non-hydrogen) atoms. The molecular formula is C15H14BrClN2S. The Balaban J connectivity index is 2.11. The Hall–Kier alpha value is -1.10. The Morgan fingerprint density at radius 3 is 2.45 bits per heavy atom. The van der Waals surface area contributed by atoms with Crippen LogP contribution in [0, 0.1) is 13.8 Å². The molecule has 0 saturated heterocycles. The van der Waals surface area contributed by atoms with E-state index in [4.69, 9.17) is 23.8 Å². The molecule has 0 bridgehead atoms. The number of benzene rings is 2. The quantitative estimate of drug-likeness (QED) is 0.681. The molecule has 0 heterocycles. The van der Waals surface area contributed by atoms with Crippen molar-refractivity contribution in [2.75, 3.05) is 10.6 Å². The van der Waals surface area contributed by atoms with Crippen LogP contribution in [0.15, 0.2) is 40.9 Å². The fourth-order valence-corrected chi connectivity index (χ4v) is 2.71. The molecule has 0 unspecified atom stereocenters. The number of thiocarbonyl (C=S) groups is 1. The second-order valence-electron chi connectivity index (χ2n) is 4.52. The summed E-state index contributed by atoms with van der Waals surface area (Å²) in [6.07, 6.45) is 0. The highest BCUT2D eigenvalue weighted by Gasteiger charge is 2.05. The maximum Gasteiger partial charge on any atom is 0.175 e. The number of hydrogen-bond acceptors (Lipinski definition) is 1. The lowest BCUT2D eigenvalue weighted by Crippen LogP contribution is -2.19.